The minimum absolute atomic E-state index is 0.411. The molecular formula is C9H19Cl. The Morgan fingerprint density at radius 1 is 1.10 bits per heavy atom. The van der Waals surface area contributed by atoms with Gasteiger partial charge in [0, 0.05) is 5.38 Å². The van der Waals surface area contributed by atoms with Crippen LogP contribution in [0.15, 0.2) is 0 Å². The molecule has 0 radical (unpaired) electrons. The smallest absolute Gasteiger partial charge is 0.0333 e. The lowest BCUT2D eigenvalue weighted by molar-refractivity contribution is 0.485. The van der Waals surface area contributed by atoms with E-state index in [1.807, 2.05) is 0 Å². The molecule has 0 heterocycles. The number of alkyl halides is 1. The van der Waals surface area contributed by atoms with Crippen LogP contribution in [0.3, 0.4) is 0 Å². The van der Waals surface area contributed by atoms with Crippen molar-refractivity contribution in [2.75, 3.05) is 0 Å². The molecule has 0 spiro atoms. The molecule has 2 atom stereocenters. The van der Waals surface area contributed by atoms with Crippen molar-refractivity contribution >= 4 is 11.6 Å². The highest BCUT2D eigenvalue weighted by Gasteiger charge is 2.03. The second-order valence-corrected chi connectivity index (χ2v) is 3.71. The molecule has 0 aliphatic carbocycles. The summed E-state index contributed by atoms with van der Waals surface area (Å²) in [6.45, 7) is 6.67. The number of rotatable bonds is 5. The van der Waals surface area contributed by atoms with Gasteiger partial charge in [0.2, 0.25) is 0 Å². The molecule has 0 aliphatic rings. The molecule has 0 saturated heterocycles. The second-order valence-electron chi connectivity index (χ2n) is 3.10. The predicted molar refractivity (Wildman–Crippen MR) is 48.6 cm³/mol. The van der Waals surface area contributed by atoms with Crippen molar-refractivity contribution in [3.05, 3.63) is 0 Å². The summed E-state index contributed by atoms with van der Waals surface area (Å²) >= 11 is 5.97. The van der Waals surface area contributed by atoms with E-state index in [2.05, 4.69) is 20.8 Å². The number of hydrogen-bond donors (Lipinski definition) is 0. The topological polar surface area (TPSA) is 0 Å². The molecule has 0 fully saturated rings. The van der Waals surface area contributed by atoms with E-state index >= 15 is 0 Å². The van der Waals surface area contributed by atoms with Crippen LogP contribution < -0.4 is 0 Å². The molecule has 0 bridgehead atoms. The highest BCUT2D eigenvalue weighted by Crippen LogP contribution is 2.15. The maximum absolute atomic E-state index is 5.97. The molecule has 0 aromatic heterocycles. The van der Waals surface area contributed by atoms with E-state index < -0.39 is 0 Å². The van der Waals surface area contributed by atoms with Gasteiger partial charge >= 0.3 is 0 Å². The van der Waals surface area contributed by atoms with Crippen molar-refractivity contribution in [1.82, 2.24) is 0 Å². The molecule has 0 rings (SSSR count). The summed E-state index contributed by atoms with van der Waals surface area (Å²) in [6.07, 6.45) is 4.87. The Bertz CT molecular complexity index is 61.1. The molecule has 0 aromatic carbocycles. The zero-order valence-electron chi connectivity index (χ0n) is 7.36. The lowest BCUT2D eigenvalue weighted by Crippen LogP contribution is -2.00. The quantitative estimate of drug-likeness (QED) is 0.539. The lowest BCUT2D eigenvalue weighted by atomic mass is 10.0. The zero-order valence-corrected chi connectivity index (χ0v) is 8.12. The van der Waals surface area contributed by atoms with Gasteiger partial charge in [-0.05, 0) is 25.2 Å². The molecular weight excluding hydrogens is 144 g/mol. The van der Waals surface area contributed by atoms with Gasteiger partial charge in [-0.2, -0.15) is 0 Å². The molecule has 1 heteroatoms. The number of hydrogen-bond acceptors (Lipinski definition) is 0. The first kappa shape index (κ1) is 10.3. The normalized spacial score (nSPS) is 16.8. The SMILES string of the molecule is CCC(C)CCC(Cl)CC. The molecule has 0 aliphatic heterocycles. The van der Waals surface area contributed by atoms with Gasteiger partial charge in [-0.15, -0.1) is 11.6 Å². The first-order valence-corrected chi connectivity index (χ1v) is 4.78. The summed E-state index contributed by atoms with van der Waals surface area (Å²) in [6, 6.07) is 0. The maximum Gasteiger partial charge on any atom is 0.0333 e. The fraction of sp³-hybridized carbons (Fsp3) is 1.00. The predicted octanol–water partition coefficient (Wildman–Crippen LogP) is 3.83. The van der Waals surface area contributed by atoms with E-state index in [-0.39, 0.29) is 0 Å². The summed E-state index contributed by atoms with van der Waals surface area (Å²) in [5.41, 5.74) is 0. The Hall–Kier alpha value is 0.290. The molecule has 0 aromatic rings. The van der Waals surface area contributed by atoms with Crippen molar-refractivity contribution in [2.45, 2.75) is 51.8 Å². The summed E-state index contributed by atoms with van der Waals surface area (Å²) in [5.74, 6) is 0.854. The molecule has 62 valence electrons. The minimum atomic E-state index is 0.411. The first-order chi connectivity index (χ1) is 4.70. The third-order valence-electron chi connectivity index (χ3n) is 2.11. The third-order valence-corrected chi connectivity index (χ3v) is 2.64. The summed E-state index contributed by atoms with van der Waals surface area (Å²) < 4.78 is 0. The van der Waals surface area contributed by atoms with E-state index in [0.717, 1.165) is 12.3 Å². The highest BCUT2D eigenvalue weighted by molar-refractivity contribution is 6.20. The van der Waals surface area contributed by atoms with Gasteiger partial charge in [-0.3, -0.25) is 0 Å². The van der Waals surface area contributed by atoms with Crippen LogP contribution in [-0.4, -0.2) is 5.38 Å². The Balaban J connectivity index is 3.17. The Labute approximate surface area is 70.0 Å². The Morgan fingerprint density at radius 2 is 1.70 bits per heavy atom. The molecule has 0 nitrogen and oxygen atoms in total. The van der Waals surface area contributed by atoms with E-state index in [1.54, 1.807) is 0 Å². The monoisotopic (exact) mass is 162 g/mol. The average molecular weight is 163 g/mol. The van der Waals surface area contributed by atoms with Crippen LogP contribution in [0.4, 0.5) is 0 Å². The van der Waals surface area contributed by atoms with Crippen molar-refractivity contribution in [3.8, 4) is 0 Å². The second kappa shape index (κ2) is 6.03. The molecule has 0 amide bonds. The van der Waals surface area contributed by atoms with Gasteiger partial charge in [0.1, 0.15) is 0 Å². The van der Waals surface area contributed by atoms with Crippen LogP contribution in [0.5, 0.6) is 0 Å². The molecule has 0 saturated carbocycles. The Kier molecular flexibility index (Phi) is 6.20. The lowest BCUT2D eigenvalue weighted by Gasteiger charge is -2.10. The van der Waals surface area contributed by atoms with Gasteiger partial charge in [0.25, 0.3) is 0 Å². The van der Waals surface area contributed by atoms with Crippen LogP contribution in [0.2, 0.25) is 0 Å². The van der Waals surface area contributed by atoms with Crippen LogP contribution >= 0.6 is 11.6 Å². The summed E-state index contributed by atoms with van der Waals surface area (Å²) in [5, 5.41) is 0.411. The minimum Gasteiger partial charge on any atom is -0.123 e. The first-order valence-electron chi connectivity index (χ1n) is 4.34. The van der Waals surface area contributed by atoms with Gasteiger partial charge in [-0.1, -0.05) is 27.2 Å². The number of halogens is 1. The summed E-state index contributed by atoms with van der Waals surface area (Å²) in [7, 11) is 0. The zero-order chi connectivity index (χ0) is 7.98. The third kappa shape index (κ3) is 5.10. The van der Waals surface area contributed by atoms with E-state index in [1.165, 1.54) is 19.3 Å². The van der Waals surface area contributed by atoms with Crippen LogP contribution in [0, 0.1) is 5.92 Å². The van der Waals surface area contributed by atoms with Crippen molar-refractivity contribution in [3.63, 3.8) is 0 Å². The molecule has 0 N–H and O–H groups in total. The van der Waals surface area contributed by atoms with Gasteiger partial charge in [0.05, 0.1) is 0 Å². The van der Waals surface area contributed by atoms with E-state index in [4.69, 9.17) is 11.6 Å². The van der Waals surface area contributed by atoms with Crippen LogP contribution in [0.1, 0.15) is 46.5 Å². The Morgan fingerprint density at radius 3 is 2.10 bits per heavy atom. The van der Waals surface area contributed by atoms with Crippen molar-refractivity contribution < 1.29 is 0 Å². The average Bonchev–Trinajstić information content (AvgIpc) is 1.99. The van der Waals surface area contributed by atoms with E-state index in [0.29, 0.717) is 5.38 Å². The molecule has 2 unspecified atom stereocenters. The highest BCUT2D eigenvalue weighted by atomic mass is 35.5. The van der Waals surface area contributed by atoms with Gasteiger partial charge in [0.15, 0.2) is 0 Å². The largest absolute Gasteiger partial charge is 0.123 e. The maximum atomic E-state index is 5.97. The standard InChI is InChI=1S/C9H19Cl/c1-4-8(3)6-7-9(10)5-2/h8-9H,4-7H2,1-3H3. The van der Waals surface area contributed by atoms with Gasteiger partial charge < -0.3 is 0 Å². The fourth-order valence-corrected chi connectivity index (χ4v) is 1.000. The van der Waals surface area contributed by atoms with Gasteiger partial charge in [-0.25, -0.2) is 0 Å². The molecule has 10 heavy (non-hydrogen) atoms. The van der Waals surface area contributed by atoms with Crippen LogP contribution in [0.25, 0.3) is 0 Å². The van der Waals surface area contributed by atoms with Crippen LogP contribution in [-0.2, 0) is 0 Å². The van der Waals surface area contributed by atoms with E-state index in [9.17, 15) is 0 Å². The van der Waals surface area contributed by atoms with Crippen molar-refractivity contribution in [2.24, 2.45) is 5.92 Å². The fourth-order valence-electron chi connectivity index (χ4n) is 0.874. The summed E-state index contributed by atoms with van der Waals surface area (Å²) in [4.78, 5) is 0. The van der Waals surface area contributed by atoms with Crippen molar-refractivity contribution in [1.29, 1.82) is 0 Å².